The van der Waals surface area contributed by atoms with Gasteiger partial charge in [-0.25, -0.2) is 0 Å². The molecule has 0 saturated heterocycles. The van der Waals surface area contributed by atoms with Gasteiger partial charge >= 0.3 is 0 Å². The third-order valence-corrected chi connectivity index (χ3v) is 5.02. The van der Waals surface area contributed by atoms with Crippen molar-refractivity contribution in [3.05, 3.63) is 0 Å². The number of hydrogen-bond acceptors (Lipinski definition) is 0. The lowest BCUT2D eigenvalue weighted by molar-refractivity contribution is 0.314. The van der Waals surface area contributed by atoms with Crippen LogP contribution in [-0.2, 0) is 0 Å². The molecule has 0 bridgehead atoms. The van der Waals surface area contributed by atoms with Crippen LogP contribution in [0.2, 0.25) is 0 Å². The fourth-order valence-corrected chi connectivity index (χ4v) is 2.03. The summed E-state index contributed by atoms with van der Waals surface area (Å²) in [7, 11) is 1.06. The minimum Gasteiger partial charge on any atom is -0.119 e. The van der Waals surface area contributed by atoms with E-state index < -0.39 is 0 Å². The highest BCUT2D eigenvalue weighted by Gasteiger charge is 2.26. The molecule has 0 saturated carbocycles. The van der Waals surface area contributed by atoms with Gasteiger partial charge in [0.15, 0.2) is 0 Å². The zero-order valence-electron chi connectivity index (χ0n) is 8.86. The first-order valence-corrected chi connectivity index (χ1v) is 6.14. The van der Waals surface area contributed by atoms with Crippen LogP contribution in [0.1, 0.15) is 41.0 Å². The molecule has 0 nitrogen and oxygen atoms in total. The molecule has 0 heterocycles. The molecule has 3 unspecified atom stereocenters. The fourth-order valence-electron chi connectivity index (χ4n) is 1.29. The molecule has 0 aromatic heterocycles. The Morgan fingerprint density at radius 3 is 2.00 bits per heavy atom. The second-order valence-electron chi connectivity index (χ2n) is 4.15. The minimum absolute atomic E-state index is 0.551. The molecular formula is C10H23P. The maximum atomic E-state index is 2.39. The van der Waals surface area contributed by atoms with Gasteiger partial charge in [-0.3, -0.25) is 0 Å². The second-order valence-corrected chi connectivity index (χ2v) is 5.93. The highest BCUT2D eigenvalue weighted by atomic mass is 31.1. The van der Waals surface area contributed by atoms with E-state index in [1.807, 2.05) is 0 Å². The molecule has 68 valence electrons. The maximum absolute atomic E-state index is 2.39. The summed E-state index contributed by atoms with van der Waals surface area (Å²) in [4.78, 5) is 0. The van der Waals surface area contributed by atoms with Gasteiger partial charge < -0.3 is 0 Å². The standard InChI is InChI=1S/C10H23P/c1-7-8(2)9(3)10(4,5)11-6/h8-9,11H,7H2,1-6H3. The molecule has 0 aliphatic heterocycles. The van der Waals surface area contributed by atoms with E-state index in [0.29, 0.717) is 5.16 Å². The lowest BCUT2D eigenvalue weighted by Gasteiger charge is -2.34. The smallest absolute Gasteiger partial charge is 0.0153 e. The van der Waals surface area contributed by atoms with Crippen LogP contribution in [0.3, 0.4) is 0 Å². The predicted octanol–water partition coefficient (Wildman–Crippen LogP) is 3.76. The van der Waals surface area contributed by atoms with Gasteiger partial charge in [0, 0.05) is 0 Å². The lowest BCUT2D eigenvalue weighted by atomic mass is 9.84. The van der Waals surface area contributed by atoms with Crippen molar-refractivity contribution in [1.82, 2.24) is 0 Å². The molecule has 0 aliphatic rings. The molecule has 0 aromatic rings. The summed E-state index contributed by atoms with van der Waals surface area (Å²) in [5.74, 6) is 1.73. The number of hydrogen-bond donors (Lipinski definition) is 0. The van der Waals surface area contributed by atoms with Crippen molar-refractivity contribution in [3.8, 4) is 0 Å². The van der Waals surface area contributed by atoms with Crippen LogP contribution in [0.25, 0.3) is 0 Å². The van der Waals surface area contributed by atoms with E-state index in [2.05, 4.69) is 41.3 Å². The van der Waals surface area contributed by atoms with Crippen LogP contribution in [0.15, 0.2) is 0 Å². The summed E-state index contributed by atoms with van der Waals surface area (Å²) >= 11 is 0. The molecule has 0 N–H and O–H groups in total. The van der Waals surface area contributed by atoms with Crippen molar-refractivity contribution < 1.29 is 0 Å². The molecule has 0 fully saturated rings. The van der Waals surface area contributed by atoms with E-state index in [1.54, 1.807) is 0 Å². The minimum atomic E-state index is 0.551. The van der Waals surface area contributed by atoms with Gasteiger partial charge in [0.1, 0.15) is 0 Å². The second kappa shape index (κ2) is 4.45. The van der Waals surface area contributed by atoms with Crippen LogP contribution < -0.4 is 0 Å². The van der Waals surface area contributed by atoms with Gasteiger partial charge in [-0.1, -0.05) is 41.0 Å². The molecule has 11 heavy (non-hydrogen) atoms. The van der Waals surface area contributed by atoms with Crippen molar-refractivity contribution in [3.63, 3.8) is 0 Å². The first kappa shape index (κ1) is 11.4. The monoisotopic (exact) mass is 174 g/mol. The molecule has 0 spiro atoms. The Hall–Kier alpha value is 0.430. The highest BCUT2D eigenvalue weighted by Crippen LogP contribution is 2.39. The zero-order chi connectivity index (χ0) is 9.07. The van der Waals surface area contributed by atoms with E-state index in [9.17, 15) is 0 Å². The van der Waals surface area contributed by atoms with Crippen LogP contribution in [0.5, 0.6) is 0 Å². The molecular weight excluding hydrogens is 151 g/mol. The van der Waals surface area contributed by atoms with Crippen molar-refractivity contribution in [2.24, 2.45) is 11.8 Å². The van der Waals surface area contributed by atoms with E-state index in [0.717, 1.165) is 20.4 Å². The molecule has 0 radical (unpaired) electrons. The summed E-state index contributed by atoms with van der Waals surface area (Å²) in [5.41, 5.74) is 0. The van der Waals surface area contributed by atoms with Crippen LogP contribution in [0, 0.1) is 11.8 Å². The molecule has 0 rings (SSSR count). The number of rotatable bonds is 4. The van der Waals surface area contributed by atoms with Crippen LogP contribution in [0.4, 0.5) is 0 Å². The van der Waals surface area contributed by atoms with Crippen molar-refractivity contribution in [2.75, 3.05) is 6.66 Å². The topological polar surface area (TPSA) is 0 Å². The van der Waals surface area contributed by atoms with Crippen LogP contribution in [-0.4, -0.2) is 11.8 Å². The average molecular weight is 174 g/mol. The van der Waals surface area contributed by atoms with Gasteiger partial charge in [-0.2, -0.15) is 0 Å². The quantitative estimate of drug-likeness (QED) is 0.569. The normalized spacial score (nSPS) is 19.1. The Kier molecular flexibility index (Phi) is 4.63. The third kappa shape index (κ3) is 3.11. The van der Waals surface area contributed by atoms with Gasteiger partial charge in [0.05, 0.1) is 0 Å². The van der Waals surface area contributed by atoms with E-state index >= 15 is 0 Å². The highest BCUT2D eigenvalue weighted by molar-refractivity contribution is 7.39. The third-order valence-electron chi connectivity index (χ3n) is 3.28. The van der Waals surface area contributed by atoms with Gasteiger partial charge in [-0.05, 0) is 23.7 Å². The first-order chi connectivity index (χ1) is 4.95. The summed E-state index contributed by atoms with van der Waals surface area (Å²) in [6.07, 6.45) is 1.31. The molecule has 0 aliphatic carbocycles. The van der Waals surface area contributed by atoms with E-state index in [-0.39, 0.29) is 0 Å². The Balaban J connectivity index is 4.10. The van der Waals surface area contributed by atoms with Gasteiger partial charge in [0.25, 0.3) is 0 Å². The molecule has 0 aromatic carbocycles. The van der Waals surface area contributed by atoms with Crippen LogP contribution >= 0.6 is 8.58 Å². The SMILES string of the molecule is CCC(C)C(C)C(C)(C)PC. The lowest BCUT2D eigenvalue weighted by Crippen LogP contribution is -2.28. The largest absolute Gasteiger partial charge is 0.119 e. The van der Waals surface area contributed by atoms with Crippen molar-refractivity contribution in [2.45, 2.75) is 46.2 Å². The molecule has 0 amide bonds. The van der Waals surface area contributed by atoms with Gasteiger partial charge in [0.2, 0.25) is 0 Å². The fraction of sp³-hybridized carbons (Fsp3) is 1.00. The summed E-state index contributed by atoms with van der Waals surface area (Å²) < 4.78 is 0. The molecule has 3 atom stereocenters. The van der Waals surface area contributed by atoms with E-state index in [4.69, 9.17) is 0 Å². The average Bonchev–Trinajstić information content (AvgIpc) is 2.01. The Labute approximate surface area is 73.9 Å². The predicted molar refractivity (Wildman–Crippen MR) is 56.9 cm³/mol. The van der Waals surface area contributed by atoms with Crippen molar-refractivity contribution >= 4 is 8.58 Å². The molecule has 1 heteroatoms. The zero-order valence-corrected chi connectivity index (χ0v) is 9.86. The van der Waals surface area contributed by atoms with Crippen molar-refractivity contribution in [1.29, 1.82) is 0 Å². The Morgan fingerprint density at radius 1 is 1.27 bits per heavy atom. The Bertz CT molecular complexity index is 107. The van der Waals surface area contributed by atoms with E-state index in [1.165, 1.54) is 6.42 Å². The summed E-state index contributed by atoms with van der Waals surface area (Å²) in [6, 6.07) is 0. The van der Waals surface area contributed by atoms with Gasteiger partial charge in [-0.15, -0.1) is 8.58 Å². The maximum Gasteiger partial charge on any atom is -0.0153 e. The Morgan fingerprint density at radius 2 is 1.73 bits per heavy atom. The first-order valence-electron chi connectivity index (χ1n) is 4.64. The summed E-state index contributed by atoms with van der Waals surface area (Å²) in [5, 5.41) is 0.551. The summed E-state index contributed by atoms with van der Waals surface area (Å²) in [6.45, 7) is 14.1.